The monoisotopic (exact) mass is 409 g/mol. The first-order valence-electron chi connectivity index (χ1n) is 9.79. The number of hydrogen-bond acceptors (Lipinski definition) is 3. The van der Waals surface area contributed by atoms with Gasteiger partial charge in [0.1, 0.15) is 11.5 Å². The second kappa shape index (κ2) is 9.84. The van der Waals surface area contributed by atoms with E-state index in [4.69, 9.17) is 5.11 Å². The molecule has 0 fully saturated rings. The summed E-state index contributed by atoms with van der Waals surface area (Å²) in [7, 11) is 0. The zero-order valence-corrected chi connectivity index (χ0v) is 16.7. The predicted octanol–water partition coefficient (Wildman–Crippen LogP) is 3.07. The van der Waals surface area contributed by atoms with Gasteiger partial charge >= 0.3 is 0 Å². The standard InChI is InChI=1S/C23H24FN3O3/c1-2-27-15-16(17-8-4-6-11-21(17)27)14-20(23(30)25-12-7-13-28)26-22(29)18-9-3-5-10-19(18)24/h3-6,8-11,14-15,28H,2,7,12-13H2,1H3,(H,25,30)(H,26,29)/b20-14-. The molecule has 7 heteroatoms. The molecule has 0 radical (unpaired) electrons. The predicted molar refractivity (Wildman–Crippen MR) is 114 cm³/mol. The summed E-state index contributed by atoms with van der Waals surface area (Å²) in [4.78, 5) is 25.3. The smallest absolute Gasteiger partial charge is 0.267 e. The fourth-order valence-corrected chi connectivity index (χ4v) is 3.18. The molecule has 3 N–H and O–H groups in total. The summed E-state index contributed by atoms with van der Waals surface area (Å²) >= 11 is 0. The van der Waals surface area contributed by atoms with Crippen LogP contribution in [0.3, 0.4) is 0 Å². The van der Waals surface area contributed by atoms with Crippen LogP contribution in [0.15, 0.2) is 60.4 Å². The fraction of sp³-hybridized carbons (Fsp3) is 0.217. The van der Waals surface area contributed by atoms with Crippen LogP contribution in [0.2, 0.25) is 0 Å². The first-order valence-corrected chi connectivity index (χ1v) is 9.79. The van der Waals surface area contributed by atoms with Crippen LogP contribution in [0.25, 0.3) is 17.0 Å². The van der Waals surface area contributed by atoms with Gasteiger partial charge < -0.3 is 20.3 Å². The summed E-state index contributed by atoms with van der Waals surface area (Å²) in [5.41, 5.74) is 1.61. The highest BCUT2D eigenvalue weighted by molar-refractivity contribution is 6.06. The number of carbonyl (C=O) groups excluding carboxylic acids is 2. The minimum absolute atomic E-state index is 0.000184. The van der Waals surface area contributed by atoms with E-state index >= 15 is 0 Å². The van der Waals surface area contributed by atoms with Gasteiger partial charge in [0.15, 0.2) is 0 Å². The van der Waals surface area contributed by atoms with Crippen molar-refractivity contribution in [1.82, 2.24) is 15.2 Å². The number of aryl methyl sites for hydroxylation is 1. The van der Waals surface area contributed by atoms with Crippen LogP contribution in [-0.4, -0.2) is 34.6 Å². The van der Waals surface area contributed by atoms with Gasteiger partial charge in [-0.25, -0.2) is 4.39 Å². The van der Waals surface area contributed by atoms with Crippen LogP contribution in [0.5, 0.6) is 0 Å². The maximum absolute atomic E-state index is 14.0. The third-order valence-electron chi connectivity index (χ3n) is 4.69. The first kappa shape index (κ1) is 21.3. The van der Waals surface area contributed by atoms with Gasteiger partial charge in [0.25, 0.3) is 11.8 Å². The zero-order valence-electron chi connectivity index (χ0n) is 16.7. The largest absolute Gasteiger partial charge is 0.396 e. The summed E-state index contributed by atoms with van der Waals surface area (Å²) in [6.45, 7) is 2.94. The van der Waals surface area contributed by atoms with Crippen molar-refractivity contribution >= 4 is 28.8 Å². The number of amides is 2. The van der Waals surface area contributed by atoms with E-state index in [-0.39, 0.29) is 24.4 Å². The van der Waals surface area contributed by atoms with Gasteiger partial charge in [-0.05, 0) is 37.6 Å². The maximum atomic E-state index is 14.0. The summed E-state index contributed by atoms with van der Waals surface area (Å²) < 4.78 is 16.1. The molecular weight excluding hydrogens is 385 g/mol. The highest BCUT2D eigenvalue weighted by atomic mass is 19.1. The minimum Gasteiger partial charge on any atom is -0.396 e. The van der Waals surface area contributed by atoms with Crippen LogP contribution in [-0.2, 0) is 11.3 Å². The number of fused-ring (bicyclic) bond motifs is 1. The van der Waals surface area contributed by atoms with E-state index in [1.165, 1.54) is 18.2 Å². The van der Waals surface area contributed by atoms with Gasteiger partial charge in [-0.2, -0.15) is 0 Å². The van der Waals surface area contributed by atoms with Crippen molar-refractivity contribution in [3.8, 4) is 0 Å². The lowest BCUT2D eigenvalue weighted by molar-refractivity contribution is -0.117. The highest BCUT2D eigenvalue weighted by Crippen LogP contribution is 2.23. The van der Waals surface area contributed by atoms with Crippen LogP contribution in [0.1, 0.15) is 29.3 Å². The Morgan fingerprint density at radius 2 is 1.87 bits per heavy atom. The number of nitrogens with zero attached hydrogens (tertiary/aromatic N) is 1. The Morgan fingerprint density at radius 3 is 2.60 bits per heavy atom. The van der Waals surface area contributed by atoms with Crippen LogP contribution in [0, 0.1) is 5.82 Å². The second-order valence-electron chi connectivity index (χ2n) is 6.71. The number of nitrogens with one attached hydrogen (secondary N) is 2. The number of aromatic nitrogens is 1. The van der Waals surface area contributed by atoms with E-state index in [9.17, 15) is 14.0 Å². The minimum atomic E-state index is -0.712. The topological polar surface area (TPSA) is 83.4 Å². The van der Waals surface area contributed by atoms with Crippen molar-refractivity contribution in [3.05, 3.63) is 77.4 Å². The quantitative estimate of drug-likeness (QED) is 0.395. The molecule has 0 aliphatic carbocycles. The number of carbonyl (C=O) groups is 2. The van der Waals surface area contributed by atoms with E-state index in [1.54, 1.807) is 12.1 Å². The lowest BCUT2D eigenvalue weighted by Gasteiger charge is -2.11. The molecule has 2 aromatic carbocycles. The molecule has 0 bridgehead atoms. The number of benzene rings is 2. The van der Waals surface area contributed by atoms with Gasteiger partial charge in [0, 0.05) is 42.4 Å². The van der Waals surface area contributed by atoms with Gasteiger partial charge in [-0.1, -0.05) is 30.3 Å². The molecule has 0 unspecified atom stereocenters. The Balaban J connectivity index is 1.98. The van der Waals surface area contributed by atoms with Crippen molar-refractivity contribution in [2.24, 2.45) is 0 Å². The van der Waals surface area contributed by atoms with Crippen molar-refractivity contribution in [3.63, 3.8) is 0 Å². The molecular formula is C23H24FN3O3. The normalized spacial score (nSPS) is 11.5. The van der Waals surface area contributed by atoms with Crippen molar-refractivity contribution in [2.45, 2.75) is 19.9 Å². The zero-order chi connectivity index (χ0) is 21.5. The molecule has 0 saturated heterocycles. The molecule has 0 aliphatic rings. The summed E-state index contributed by atoms with van der Waals surface area (Å²) in [5, 5.41) is 15.1. The average Bonchev–Trinajstić information content (AvgIpc) is 3.11. The number of halogens is 1. The SMILES string of the molecule is CCn1cc(/C=C(\NC(=O)c2ccccc2F)C(=O)NCCCO)c2ccccc21. The van der Waals surface area contributed by atoms with Crippen LogP contribution in [0.4, 0.5) is 4.39 Å². The lowest BCUT2D eigenvalue weighted by atomic mass is 10.1. The molecule has 2 amide bonds. The third-order valence-corrected chi connectivity index (χ3v) is 4.69. The Morgan fingerprint density at radius 1 is 1.13 bits per heavy atom. The Kier molecular flexibility index (Phi) is 6.98. The molecule has 3 aromatic rings. The number of para-hydroxylation sites is 1. The molecule has 0 spiro atoms. The molecule has 30 heavy (non-hydrogen) atoms. The number of aliphatic hydroxyl groups excluding tert-OH is 1. The number of rotatable bonds is 8. The van der Waals surface area contributed by atoms with Crippen LogP contribution < -0.4 is 10.6 Å². The summed E-state index contributed by atoms with van der Waals surface area (Å²) in [5.74, 6) is -1.89. The van der Waals surface area contributed by atoms with Gasteiger partial charge in [0.2, 0.25) is 0 Å². The van der Waals surface area contributed by atoms with Gasteiger partial charge in [0.05, 0.1) is 5.56 Å². The molecule has 0 saturated carbocycles. The molecule has 156 valence electrons. The van der Waals surface area contributed by atoms with Crippen LogP contribution >= 0.6 is 0 Å². The second-order valence-corrected chi connectivity index (χ2v) is 6.71. The lowest BCUT2D eigenvalue weighted by Crippen LogP contribution is -2.35. The Bertz CT molecular complexity index is 1090. The Labute approximate surface area is 174 Å². The van der Waals surface area contributed by atoms with E-state index in [2.05, 4.69) is 10.6 Å². The van der Waals surface area contributed by atoms with Gasteiger partial charge in [-0.15, -0.1) is 0 Å². The first-order chi connectivity index (χ1) is 14.5. The molecule has 6 nitrogen and oxygen atoms in total. The third kappa shape index (κ3) is 4.75. The van der Waals surface area contributed by atoms with E-state index in [0.29, 0.717) is 6.42 Å². The number of aliphatic hydroxyl groups is 1. The average molecular weight is 409 g/mol. The summed E-state index contributed by atoms with van der Waals surface area (Å²) in [6, 6.07) is 13.3. The van der Waals surface area contributed by atoms with E-state index < -0.39 is 17.6 Å². The van der Waals surface area contributed by atoms with Crippen molar-refractivity contribution in [2.75, 3.05) is 13.2 Å². The fourth-order valence-electron chi connectivity index (χ4n) is 3.18. The van der Waals surface area contributed by atoms with E-state index in [0.717, 1.165) is 23.0 Å². The maximum Gasteiger partial charge on any atom is 0.267 e. The number of hydrogen-bond donors (Lipinski definition) is 3. The molecule has 0 aliphatic heterocycles. The molecule has 1 heterocycles. The van der Waals surface area contributed by atoms with Crippen molar-refractivity contribution < 1.29 is 19.1 Å². The molecule has 3 rings (SSSR count). The molecule has 1 aromatic heterocycles. The van der Waals surface area contributed by atoms with Crippen molar-refractivity contribution in [1.29, 1.82) is 0 Å². The Hall–Kier alpha value is -3.45. The highest BCUT2D eigenvalue weighted by Gasteiger charge is 2.18. The van der Waals surface area contributed by atoms with Gasteiger partial charge in [-0.3, -0.25) is 9.59 Å². The molecule has 0 atom stereocenters. The van der Waals surface area contributed by atoms with E-state index in [1.807, 2.05) is 42.0 Å². The summed E-state index contributed by atoms with van der Waals surface area (Å²) in [6.07, 6.45) is 3.87.